The fourth-order valence-electron chi connectivity index (χ4n) is 1.37. The molecule has 2 heterocycles. The van der Waals surface area contributed by atoms with E-state index in [1.165, 1.54) is 0 Å². The maximum Gasteiger partial charge on any atom is 0.222 e. The van der Waals surface area contributed by atoms with Gasteiger partial charge in [0.25, 0.3) is 0 Å². The van der Waals surface area contributed by atoms with Crippen molar-refractivity contribution < 1.29 is 0 Å². The molecule has 0 aliphatic carbocycles. The van der Waals surface area contributed by atoms with Gasteiger partial charge in [-0.25, -0.2) is 9.97 Å². The van der Waals surface area contributed by atoms with E-state index in [1.54, 1.807) is 12.4 Å². The second kappa shape index (κ2) is 3.57. The lowest BCUT2D eigenvalue weighted by Crippen LogP contribution is -2.23. The zero-order valence-corrected chi connectivity index (χ0v) is 7.33. The third kappa shape index (κ3) is 2.06. The van der Waals surface area contributed by atoms with E-state index in [9.17, 15) is 0 Å². The summed E-state index contributed by atoms with van der Waals surface area (Å²) in [5, 5.41) is 6.49. The van der Waals surface area contributed by atoms with Gasteiger partial charge in [0.2, 0.25) is 5.95 Å². The Morgan fingerprint density at radius 2 is 2.23 bits per heavy atom. The summed E-state index contributed by atoms with van der Waals surface area (Å²) < 4.78 is 0. The van der Waals surface area contributed by atoms with Crippen LogP contribution in [0.5, 0.6) is 0 Å². The normalized spacial score (nSPS) is 21.7. The van der Waals surface area contributed by atoms with Gasteiger partial charge in [-0.15, -0.1) is 0 Å². The highest BCUT2D eigenvalue weighted by Crippen LogP contribution is 2.06. The molecule has 5 nitrogen and oxygen atoms in total. The first-order valence-corrected chi connectivity index (χ1v) is 4.39. The van der Waals surface area contributed by atoms with E-state index in [-0.39, 0.29) is 0 Å². The lowest BCUT2D eigenvalue weighted by atomic mass is 10.3. The molecule has 0 bridgehead atoms. The molecule has 1 aliphatic heterocycles. The molecule has 70 valence electrons. The summed E-state index contributed by atoms with van der Waals surface area (Å²) in [5.74, 6) is 0.655. The first-order chi connectivity index (χ1) is 6.34. The van der Waals surface area contributed by atoms with Gasteiger partial charge in [0.05, 0.1) is 18.1 Å². The van der Waals surface area contributed by atoms with E-state index in [0.717, 1.165) is 19.5 Å². The van der Waals surface area contributed by atoms with Gasteiger partial charge >= 0.3 is 0 Å². The van der Waals surface area contributed by atoms with E-state index >= 15 is 0 Å². The summed E-state index contributed by atoms with van der Waals surface area (Å²) >= 11 is 0. The van der Waals surface area contributed by atoms with Gasteiger partial charge in [0.15, 0.2) is 0 Å². The van der Waals surface area contributed by atoms with Gasteiger partial charge in [-0.1, -0.05) is 0 Å². The quantitative estimate of drug-likeness (QED) is 0.588. The molecular formula is C8H13N5. The molecule has 0 aromatic carbocycles. The Labute approximate surface area is 76.8 Å². The van der Waals surface area contributed by atoms with Crippen LogP contribution < -0.4 is 16.4 Å². The second-order valence-corrected chi connectivity index (χ2v) is 3.17. The predicted octanol–water partition coefficient (Wildman–Crippen LogP) is -0.167. The minimum absolute atomic E-state index is 0.448. The number of nitrogens with two attached hydrogens (primary N) is 1. The largest absolute Gasteiger partial charge is 0.396 e. The molecule has 1 atom stereocenters. The van der Waals surface area contributed by atoms with E-state index < -0.39 is 0 Å². The highest BCUT2D eigenvalue weighted by Gasteiger charge is 2.14. The monoisotopic (exact) mass is 179 g/mol. The molecule has 1 aliphatic rings. The molecule has 4 N–H and O–H groups in total. The molecule has 1 fully saturated rings. The molecular weight excluding hydrogens is 166 g/mol. The molecule has 1 aromatic rings. The minimum atomic E-state index is 0.448. The van der Waals surface area contributed by atoms with Crippen molar-refractivity contribution in [1.29, 1.82) is 0 Å². The van der Waals surface area contributed by atoms with E-state index in [1.807, 2.05) is 0 Å². The van der Waals surface area contributed by atoms with Crippen LogP contribution in [-0.4, -0.2) is 29.1 Å². The predicted molar refractivity (Wildman–Crippen MR) is 51.3 cm³/mol. The van der Waals surface area contributed by atoms with Crippen molar-refractivity contribution in [2.75, 3.05) is 24.1 Å². The zero-order chi connectivity index (χ0) is 9.10. The Kier molecular flexibility index (Phi) is 2.27. The fourth-order valence-corrected chi connectivity index (χ4v) is 1.37. The van der Waals surface area contributed by atoms with Gasteiger partial charge in [-0.2, -0.15) is 0 Å². The third-order valence-corrected chi connectivity index (χ3v) is 2.07. The number of aromatic nitrogens is 2. The van der Waals surface area contributed by atoms with Crippen LogP contribution in [0.25, 0.3) is 0 Å². The second-order valence-electron chi connectivity index (χ2n) is 3.17. The molecule has 2 rings (SSSR count). The zero-order valence-electron chi connectivity index (χ0n) is 7.33. The van der Waals surface area contributed by atoms with Crippen molar-refractivity contribution in [3.05, 3.63) is 12.4 Å². The molecule has 5 heteroatoms. The fraction of sp³-hybridized carbons (Fsp3) is 0.500. The molecule has 0 spiro atoms. The Bertz CT molecular complexity index is 264. The van der Waals surface area contributed by atoms with Crippen molar-refractivity contribution in [3.8, 4) is 0 Å². The van der Waals surface area contributed by atoms with Crippen molar-refractivity contribution in [3.63, 3.8) is 0 Å². The van der Waals surface area contributed by atoms with Crippen molar-refractivity contribution in [2.45, 2.75) is 12.5 Å². The molecule has 13 heavy (non-hydrogen) atoms. The number of nitrogens with zero attached hydrogens (tertiary/aromatic N) is 2. The number of anilines is 2. The first kappa shape index (κ1) is 8.25. The van der Waals surface area contributed by atoms with Crippen LogP contribution >= 0.6 is 0 Å². The Morgan fingerprint density at radius 3 is 2.85 bits per heavy atom. The van der Waals surface area contributed by atoms with Crippen molar-refractivity contribution >= 4 is 11.6 Å². The van der Waals surface area contributed by atoms with Crippen LogP contribution in [0.3, 0.4) is 0 Å². The number of nitrogens with one attached hydrogen (secondary N) is 2. The summed E-state index contributed by atoms with van der Waals surface area (Å²) in [6.45, 7) is 2.04. The standard InChI is InChI=1S/C8H13N5/c9-6-3-11-8(12-4-6)13-7-1-2-10-5-7/h3-4,7,10H,1-2,5,9H2,(H,11,12,13)/t7-/m1/s1. The molecule has 1 aromatic heterocycles. The van der Waals surface area contributed by atoms with E-state index in [0.29, 0.717) is 17.7 Å². The average molecular weight is 179 g/mol. The number of hydrogen-bond donors (Lipinski definition) is 3. The van der Waals surface area contributed by atoms with Crippen LogP contribution in [0, 0.1) is 0 Å². The summed E-state index contributed by atoms with van der Waals surface area (Å²) in [5.41, 5.74) is 6.06. The average Bonchev–Trinajstić information content (AvgIpc) is 2.62. The van der Waals surface area contributed by atoms with Crippen LogP contribution in [0.15, 0.2) is 12.4 Å². The van der Waals surface area contributed by atoms with Crippen LogP contribution in [-0.2, 0) is 0 Å². The third-order valence-electron chi connectivity index (χ3n) is 2.07. The number of hydrogen-bond acceptors (Lipinski definition) is 5. The first-order valence-electron chi connectivity index (χ1n) is 4.39. The van der Waals surface area contributed by atoms with Crippen LogP contribution in [0.2, 0.25) is 0 Å². The number of rotatable bonds is 2. The van der Waals surface area contributed by atoms with Gasteiger partial charge in [0.1, 0.15) is 0 Å². The molecule has 0 amide bonds. The molecule has 1 saturated heterocycles. The lowest BCUT2D eigenvalue weighted by Gasteiger charge is -2.10. The maximum absolute atomic E-state index is 5.47. The lowest BCUT2D eigenvalue weighted by molar-refractivity contribution is 0.780. The summed E-state index contributed by atoms with van der Waals surface area (Å²) in [6.07, 6.45) is 4.34. The maximum atomic E-state index is 5.47. The van der Waals surface area contributed by atoms with Gasteiger partial charge in [-0.3, -0.25) is 0 Å². The van der Waals surface area contributed by atoms with E-state index in [2.05, 4.69) is 20.6 Å². The van der Waals surface area contributed by atoms with Crippen molar-refractivity contribution in [1.82, 2.24) is 15.3 Å². The van der Waals surface area contributed by atoms with E-state index in [4.69, 9.17) is 5.73 Å². The Hall–Kier alpha value is -1.36. The van der Waals surface area contributed by atoms with Gasteiger partial charge in [-0.05, 0) is 13.0 Å². The van der Waals surface area contributed by atoms with Gasteiger partial charge < -0.3 is 16.4 Å². The topological polar surface area (TPSA) is 75.9 Å². The Balaban J connectivity index is 1.97. The summed E-state index contributed by atoms with van der Waals surface area (Å²) in [7, 11) is 0. The summed E-state index contributed by atoms with van der Waals surface area (Å²) in [6, 6.07) is 0.448. The smallest absolute Gasteiger partial charge is 0.222 e. The highest BCUT2D eigenvalue weighted by atomic mass is 15.1. The highest BCUT2D eigenvalue weighted by molar-refractivity contribution is 5.36. The minimum Gasteiger partial charge on any atom is -0.396 e. The van der Waals surface area contributed by atoms with Crippen LogP contribution in [0.4, 0.5) is 11.6 Å². The number of nitrogen functional groups attached to an aromatic ring is 1. The summed E-state index contributed by atoms with van der Waals surface area (Å²) in [4.78, 5) is 8.13. The Morgan fingerprint density at radius 1 is 1.46 bits per heavy atom. The van der Waals surface area contributed by atoms with Crippen molar-refractivity contribution in [2.24, 2.45) is 0 Å². The molecule has 0 radical (unpaired) electrons. The van der Waals surface area contributed by atoms with Gasteiger partial charge in [0, 0.05) is 12.6 Å². The van der Waals surface area contributed by atoms with Crippen LogP contribution in [0.1, 0.15) is 6.42 Å². The molecule has 0 saturated carbocycles. The molecule has 0 unspecified atom stereocenters. The SMILES string of the molecule is Nc1cnc(N[C@@H]2CCNC2)nc1.